The van der Waals surface area contributed by atoms with Gasteiger partial charge in [0.05, 0.1) is 12.8 Å². The van der Waals surface area contributed by atoms with E-state index < -0.39 is 0 Å². The molecule has 0 fully saturated rings. The molecule has 0 aliphatic rings. The largest absolute Gasteiger partial charge is 0.393 e. The van der Waals surface area contributed by atoms with E-state index >= 15 is 0 Å². The fourth-order valence-electron chi connectivity index (χ4n) is 0.163. The summed E-state index contributed by atoms with van der Waals surface area (Å²) in [6.07, 6.45) is -0.208. The van der Waals surface area contributed by atoms with Crippen LogP contribution in [-0.4, -0.2) is 36.9 Å². The highest BCUT2D eigenvalue weighted by Gasteiger charge is 1.98. The molecule has 0 amide bonds. The lowest BCUT2D eigenvalue weighted by Crippen LogP contribution is -2.39. The van der Waals surface area contributed by atoms with E-state index in [-0.39, 0.29) is 12.8 Å². The van der Waals surface area contributed by atoms with Crippen LogP contribution in [0.1, 0.15) is 0 Å². The first-order chi connectivity index (χ1) is 3.18. The van der Waals surface area contributed by atoms with Gasteiger partial charge in [0.2, 0.25) is 0 Å². The van der Waals surface area contributed by atoms with Crippen molar-refractivity contribution >= 4 is 0 Å². The van der Waals surface area contributed by atoms with Crippen molar-refractivity contribution < 1.29 is 5.11 Å². The zero-order valence-electron chi connectivity index (χ0n) is 4.76. The molecule has 0 aromatic heterocycles. The van der Waals surface area contributed by atoms with Crippen LogP contribution in [0.3, 0.4) is 0 Å². The lowest BCUT2D eigenvalue weighted by atomic mass is 10.5. The van der Waals surface area contributed by atoms with Gasteiger partial charge in [-0.05, 0) is 14.1 Å². The number of aliphatic hydroxyl groups is 1. The molecule has 0 unspecified atom stereocenters. The molecule has 0 saturated heterocycles. The Hall–Kier alpha value is -0.120. The van der Waals surface area contributed by atoms with E-state index in [9.17, 15) is 0 Å². The minimum Gasteiger partial charge on any atom is -0.393 e. The summed E-state index contributed by atoms with van der Waals surface area (Å²) >= 11 is 0. The number of aliphatic hydroxyl groups excluding tert-OH is 1. The van der Waals surface area contributed by atoms with E-state index in [1.165, 1.54) is 0 Å². The van der Waals surface area contributed by atoms with E-state index in [2.05, 4.69) is 0 Å². The van der Waals surface area contributed by atoms with Crippen molar-refractivity contribution in [3.05, 3.63) is 0 Å². The molecule has 44 valence electrons. The molecule has 0 aromatic rings. The van der Waals surface area contributed by atoms with Crippen molar-refractivity contribution in [2.24, 2.45) is 5.73 Å². The quantitative estimate of drug-likeness (QED) is 0.434. The Morgan fingerprint density at radius 3 is 2.14 bits per heavy atom. The predicted molar refractivity (Wildman–Crippen MR) is 28.7 cm³/mol. The average Bonchev–Trinajstić information content (AvgIpc) is 1.65. The summed E-state index contributed by atoms with van der Waals surface area (Å²) in [6.45, 7) is 0.0208. The Morgan fingerprint density at radius 2 is 2.14 bits per heavy atom. The second kappa shape index (κ2) is 2.96. The molecule has 0 radical (unpaired) electrons. The van der Waals surface area contributed by atoms with Crippen molar-refractivity contribution in [1.82, 2.24) is 4.90 Å². The molecule has 3 heteroatoms. The molecular formula is C4H12N2O. The smallest absolute Gasteiger partial charge is 0.0805 e. The first-order valence-electron chi connectivity index (χ1n) is 2.21. The van der Waals surface area contributed by atoms with Crippen molar-refractivity contribution in [3.63, 3.8) is 0 Å². The fourth-order valence-corrected chi connectivity index (χ4v) is 0.163. The zero-order valence-corrected chi connectivity index (χ0v) is 4.76. The fraction of sp³-hybridized carbons (Fsp3) is 1.00. The Balaban J connectivity index is 3.14. The van der Waals surface area contributed by atoms with Crippen LogP contribution in [0.25, 0.3) is 0 Å². The Labute approximate surface area is 43.7 Å². The number of hydrogen-bond donors (Lipinski definition) is 2. The highest BCUT2D eigenvalue weighted by atomic mass is 16.3. The minimum absolute atomic E-state index is 0.0208. The van der Waals surface area contributed by atoms with Crippen LogP contribution >= 0.6 is 0 Å². The van der Waals surface area contributed by atoms with E-state index in [4.69, 9.17) is 10.8 Å². The van der Waals surface area contributed by atoms with E-state index in [0.29, 0.717) is 0 Å². The third kappa shape index (κ3) is 2.56. The molecule has 7 heavy (non-hydrogen) atoms. The van der Waals surface area contributed by atoms with Crippen LogP contribution in [0, 0.1) is 0 Å². The van der Waals surface area contributed by atoms with Crippen molar-refractivity contribution in [2.75, 3.05) is 20.7 Å². The van der Waals surface area contributed by atoms with E-state index in [1.54, 1.807) is 4.90 Å². The van der Waals surface area contributed by atoms with Crippen LogP contribution < -0.4 is 5.73 Å². The SMILES string of the molecule is CN(C)[C@H](N)CO. The molecule has 0 heterocycles. The highest BCUT2D eigenvalue weighted by molar-refractivity contribution is 4.51. The van der Waals surface area contributed by atoms with Gasteiger partial charge >= 0.3 is 0 Å². The van der Waals surface area contributed by atoms with Gasteiger partial charge in [0.25, 0.3) is 0 Å². The topological polar surface area (TPSA) is 49.5 Å². The van der Waals surface area contributed by atoms with Crippen molar-refractivity contribution in [3.8, 4) is 0 Å². The van der Waals surface area contributed by atoms with Gasteiger partial charge in [-0.1, -0.05) is 0 Å². The molecule has 0 aromatic carbocycles. The summed E-state index contributed by atoms with van der Waals surface area (Å²) in [5.41, 5.74) is 5.29. The lowest BCUT2D eigenvalue weighted by Gasteiger charge is -2.15. The van der Waals surface area contributed by atoms with Gasteiger partial charge < -0.3 is 10.8 Å². The molecule has 0 saturated carbocycles. The normalized spacial score (nSPS) is 15.0. The summed E-state index contributed by atoms with van der Waals surface area (Å²) in [6, 6.07) is 0. The summed E-state index contributed by atoms with van der Waals surface area (Å²) in [5, 5.41) is 8.34. The van der Waals surface area contributed by atoms with Gasteiger partial charge in [0.15, 0.2) is 0 Å². The lowest BCUT2D eigenvalue weighted by molar-refractivity contribution is 0.173. The maximum atomic E-state index is 8.34. The molecule has 0 spiro atoms. The van der Waals surface area contributed by atoms with Crippen molar-refractivity contribution in [1.29, 1.82) is 0 Å². The number of likely N-dealkylation sites (N-methyl/N-ethyl adjacent to an activating group) is 1. The summed E-state index contributed by atoms with van der Waals surface area (Å²) in [4.78, 5) is 1.75. The standard InChI is InChI=1S/C4H12N2O/c1-6(2)4(5)3-7/h4,7H,3,5H2,1-2H3/t4-/m0/s1. The molecule has 3 nitrogen and oxygen atoms in total. The van der Waals surface area contributed by atoms with Gasteiger partial charge in [-0.3, -0.25) is 4.90 Å². The van der Waals surface area contributed by atoms with Crippen LogP contribution in [0.2, 0.25) is 0 Å². The summed E-state index contributed by atoms with van der Waals surface area (Å²) in [5.74, 6) is 0. The molecular weight excluding hydrogens is 92.1 g/mol. The predicted octanol–water partition coefficient (Wildman–Crippen LogP) is -1.17. The number of hydrogen-bond acceptors (Lipinski definition) is 3. The molecule has 0 aliphatic heterocycles. The zero-order chi connectivity index (χ0) is 5.86. The summed E-state index contributed by atoms with van der Waals surface area (Å²) in [7, 11) is 3.64. The minimum atomic E-state index is -0.208. The van der Waals surface area contributed by atoms with Gasteiger partial charge in [-0.15, -0.1) is 0 Å². The van der Waals surface area contributed by atoms with Gasteiger partial charge in [-0.2, -0.15) is 0 Å². The number of nitrogens with two attached hydrogens (primary N) is 1. The second-order valence-electron chi connectivity index (χ2n) is 1.71. The molecule has 0 bridgehead atoms. The molecule has 1 atom stereocenters. The van der Waals surface area contributed by atoms with Crippen LogP contribution in [0.4, 0.5) is 0 Å². The van der Waals surface area contributed by atoms with Crippen molar-refractivity contribution in [2.45, 2.75) is 6.17 Å². The third-order valence-electron chi connectivity index (χ3n) is 0.850. The monoisotopic (exact) mass is 104 g/mol. The second-order valence-corrected chi connectivity index (χ2v) is 1.71. The Kier molecular flexibility index (Phi) is 2.91. The van der Waals surface area contributed by atoms with Gasteiger partial charge in [0, 0.05) is 0 Å². The number of nitrogens with zero attached hydrogens (tertiary/aromatic N) is 1. The van der Waals surface area contributed by atoms with Crippen LogP contribution in [0.5, 0.6) is 0 Å². The third-order valence-corrected chi connectivity index (χ3v) is 0.850. The van der Waals surface area contributed by atoms with E-state index in [0.717, 1.165) is 0 Å². The van der Waals surface area contributed by atoms with Crippen LogP contribution in [-0.2, 0) is 0 Å². The highest BCUT2D eigenvalue weighted by Crippen LogP contribution is 1.77. The Bertz CT molecular complexity index is 47.0. The average molecular weight is 104 g/mol. The maximum Gasteiger partial charge on any atom is 0.0805 e. The van der Waals surface area contributed by atoms with Gasteiger partial charge in [-0.25, -0.2) is 0 Å². The molecule has 3 N–H and O–H groups in total. The van der Waals surface area contributed by atoms with E-state index in [1.807, 2.05) is 14.1 Å². The number of rotatable bonds is 2. The Morgan fingerprint density at radius 1 is 1.71 bits per heavy atom. The van der Waals surface area contributed by atoms with Gasteiger partial charge in [0.1, 0.15) is 0 Å². The first-order valence-corrected chi connectivity index (χ1v) is 2.21. The molecule has 0 rings (SSSR count). The molecule has 0 aliphatic carbocycles. The van der Waals surface area contributed by atoms with Crippen LogP contribution in [0.15, 0.2) is 0 Å². The first kappa shape index (κ1) is 6.88. The summed E-state index contributed by atoms with van der Waals surface area (Å²) < 4.78 is 0. The maximum absolute atomic E-state index is 8.34.